The maximum atomic E-state index is 11.1. The number of hydrogen-bond donors (Lipinski definition) is 1. The predicted molar refractivity (Wildman–Crippen MR) is 70.3 cm³/mol. The lowest BCUT2D eigenvalue weighted by Gasteiger charge is -2.03. The number of hydrogen-bond acceptors (Lipinski definition) is 4. The van der Waals surface area contributed by atoms with Gasteiger partial charge in [0.15, 0.2) is 0 Å². The summed E-state index contributed by atoms with van der Waals surface area (Å²) in [5.74, 6) is 1.83. The highest BCUT2D eigenvalue weighted by Crippen LogP contribution is 2.05. The van der Waals surface area contributed by atoms with Crippen LogP contribution >= 0.6 is 0 Å². The van der Waals surface area contributed by atoms with Crippen LogP contribution in [0.2, 0.25) is 0 Å². The number of nitrogens with one attached hydrogen (secondary N) is 1. The van der Waals surface area contributed by atoms with Gasteiger partial charge in [-0.05, 0) is 45.4 Å². The number of rotatable bonds is 9. The van der Waals surface area contributed by atoms with E-state index in [1.165, 1.54) is 0 Å². The molecule has 0 aliphatic carbocycles. The average molecular weight is 253 g/mol. The van der Waals surface area contributed by atoms with Gasteiger partial charge in [0.2, 0.25) is 0 Å². The molecule has 1 N–H and O–H groups in total. The lowest BCUT2D eigenvalue weighted by molar-refractivity contribution is -0.143. The summed E-state index contributed by atoms with van der Waals surface area (Å²) in [4.78, 5) is 11.1. The number of unbranched alkanes of at least 4 members (excludes halogenated alkanes) is 2. The van der Waals surface area contributed by atoms with Crippen LogP contribution in [0.3, 0.4) is 0 Å². The number of ether oxygens (including phenoxy) is 1. The summed E-state index contributed by atoms with van der Waals surface area (Å²) in [7, 11) is 0. The zero-order valence-corrected chi connectivity index (χ0v) is 11.3. The zero-order valence-electron chi connectivity index (χ0n) is 11.3. The normalized spacial score (nSPS) is 10.6. The van der Waals surface area contributed by atoms with Gasteiger partial charge in [-0.2, -0.15) is 0 Å². The quantitative estimate of drug-likeness (QED) is 0.543. The Morgan fingerprint density at radius 2 is 2.17 bits per heavy atom. The summed E-state index contributed by atoms with van der Waals surface area (Å²) in [6.45, 7) is 5.97. The second-order valence-electron chi connectivity index (χ2n) is 4.30. The van der Waals surface area contributed by atoms with E-state index in [9.17, 15) is 4.79 Å². The van der Waals surface area contributed by atoms with Gasteiger partial charge in [0.05, 0.1) is 13.2 Å². The third kappa shape index (κ3) is 6.45. The molecular formula is C14H23NO3. The van der Waals surface area contributed by atoms with E-state index in [2.05, 4.69) is 5.32 Å². The molecule has 0 amide bonds. The van der Waals surface area contributed by atoms with Gasteiger partial charge < -0.3 is 14.5 Å². The second kappa shape index (κ2) is 8.75. The molecule has 1 aromatic heterocycles. The molecule has 4 nitrogen and oxygen atoms in total. The predicted octanol–water partition coefficient (Wildman–Crippen LogP) is 2.80. The molecule has 102 valence electrons. The number of furan rings is 1. The Bertz CT molecular complexity index is 347. The van der Waals surface area contributed by atoms with E-state index in [1.807, 2.05) is 26.0 Å². The fraction of sp³-hybridized carbons (Fsp3) is 0.643. The first-order valence-electron chi connectivity index (χ1n) is 6.64. The van der Waals surface area contributed by atoms with Crippen LogP contribution in [0.5, 0.6) is 0 Å². The summed E-state index contributed by atoms with van der Waals surface area (Å²) < 4.78 is 10.3. The van der Waals surface area contributed by atoms with Gasteiger partial charge in [0, 0.05) is 6.42 Å². The minimum Gasteiger partial charge on any atom is -0.466 e. The third-order valence-electron chi connectivity index (χ3n) is 2.64. The van der Waals surface area contributed by atoms with E-state index in [4.69, 9.17) is 9.15 Å². The summed E-state index contributed by atoms with van der Waals surface area (Å²) in [5, 5.41) is 3.32. The van der Waals surface area contributed by atoms with Gasteiger partial charge in [0.1, 0.15) is 11.5 Å². The SMILES string of the molecule is CCOC(=O)CCCCCNCc1ccc(C)o1. The van der Waals surface area contributed by atoms with E-state index in [-0.39, 0.29) is 5.97 Å². The number of esters is 1. The van der Waals surface area contributed by atoms with Crippen LogP contribution in [-0.4, -0.2) is 19.1 Å². The molecular weight excluding hydrogens is 230 g/mol. The van der Waals surface area contributed by atoms with E-state index >= 15 is 0 Å². The molecule has 0 aliphatic rings. The van der Waals surface area contributed by atoms with E-state index in [0.717, 1.165) is 43.9 Å². The minimum absolute atomic E-state index is 0.0866. The molecule has 0 saturated carbocycles. The van der Waals surface area contributed by atoms with E-state index in [1.54, 1.807) is 0 Å². The van der Waals surface area contributed by atoms with Crippen molar-refractivity contribution in [3.05, 3.63) is 23.7 Å². The summed E-state index contributed by atoms with van der Waals surface area (Å²) in [6.07, 6.45) is 3.55. The monoisotopic (exact) mass is 253 g/mol. The maximum Gasteiger partial charge on any atom is 0.305 e. The molecule has 18 heavy (non-hydrogen) atoms. The molecule has 4 heteroatoms. The summed E-state index contributed by atoms with van der Waals surface area (Å²) in [6, 6.07) is 3.96. The molecule has 0 fully saturated rings. The maximum absolute atomic E-state index is 11.1. The molecule has 1 heterocycles. The Morgan fingerprint density at radius 3 is 2.83 bits per heavy atom. The molecule has 0 bridgehead atoms. The Hall–Kier alpha value is -1.29. The fourth-order valence-corrected chi connectivity index (χ4v) is 1.72. The van der Waals surface area contributed by atoms with Crippen molar-refractivity contribution in [2.45, 2.75) is 46.1 Å². The highest BCUT2D eigenvalue weighted by Gasteiger charge is 2.01. The van der Waals surface area contributed by atoms with Crippen LogP contribution in [0.1, 0.15) is 44.1 Å². The zero-order chi connectivity index (χ0) is 13.2. The lowest BCUT2D eigenvalue weighted by Crippen LogP contribution is -2.14. The van der Waals surface area contributed by atoms with Crippen molar-refractivity contribution in [1.82, 2.24) is 5.32 Å². The van der Waals surface area contributed by atoms with Gasteiger partial charge in [0.25, 0.3) is 0 Å². The number of carbonyl (C=O) groups is 1. The Balaban J connectivity index is 1.91. The van der Waals surface area contributed by atoms with Crippen LogP contribution in [-0.2, 0) is 16.1 Å². The van der Waals surface area contributed by atoms with Crippen LogP contribution in [0, 0.1) is 6.92 Å². The number of carbonyl (C=O) groups excluding carboxylic acids is 1. The summed E-state index contributed by atoms with van der Waals surface area (Å²) in [5.41, 5.74) is 0. The molecule has 1 rings (SSSR count). The molecule has 0 aromatic carbocycles. The van der Waals surface area contributed by atoms with Crippen LogP contribution in [0.4, 0.5) is 0 Å². The van der Waals surface area contributed by atoms with Gasteiger partial charge in [-0.1, -0.05) is 6.42 Å². The Kier molecular flexibility index (Phi) is 7.18. The third-order valence-corrected chi connectivity index (χ3v) is 2.64. The number of aryl methyl sites for hydroxylation is 1. The van der Waals surface area contributed by atoms with Crippen molar-refractivity contribution in [3.63, 3.8) is 0 Å². The standard InChI is InChI=1S/C14H23NO3/c1-3-17-14(16)7-5-4-6-10-15-11-13-9-8-12(2)18-13/h8-9,15H,3-7,10-11H2,1-2H3. The van der Waals surface area contributed by atoms with E-state index in [0.29, 0.717) is 13.0 Å². The topological polar surface area (TPSA) is 51.5 Å². The molecule has 0 spiro atoms. The first-order chi connectivity index (χ1) is 8.72. The van der Waals surface area contributed by atoms with Crippen molar-refractivity contribution >= 4 is 5.97 Å². The molecule has 0 saturated heterocycles. The summed E-state index contributed by atoms with van der Waals surface area (Å²) >= 11 is 0. The van der Waals surface area contributed by atoms with Crippen LogP contribution < -0.4 is 5.32 Å². The van der Waals surface area contributed by atoms with Crippen LogP contribution in [0.15, 0.2) is 16.5 Å². The average Bonchev–Trinajstić information content (AvgIpc) is 2.74. The second-order valence-corrected chi connectivity index (χ2v) is 4.30. The van der Waals surface area contributed by atoms with E-state index < -0.39 is 0 Å². The Labute approximate surface area is 109 Å². The minimum atomic E-state index is -0.0866. The molecule has 0 atom stereocenters. The van der Waals surface area contributed by atoms with Crippen molar-refractivity contribution in [2.24, 2.45) is 0 Å². The molecule has 0 radical (unpaired) electrons. The molecule has 0 unspecified atom stereocenters. The van der Waals surface area contributed by atoms with Gasteiger partial charge in [-0.25, -0.2) is 0 Å². The van der Waals surface area contributed by atoms with Gasteiger partial charge in [-0.15, -0.1) is 0 Å². The first kappa shape index (κ1) is 14.8. The van der Waals surface area contributed by atoms with Crippen molar-refractivity contribution < 1.29 is 13.9 Å². The molecule has 1 aromatic rings. The fourth-order valence-electron chi connectivity index (χ4n) is 1.72. The van der Waals surface area contributed by atoms with Crippen LogP contribution in [0.25, 0.3) is 0 Å². The Morgan fingerprint density at radius 1 is 1.33 bits per heavy atom. The molecule has 0 aliphatic heterocycles. The first-order valence-corrected chi connectivity index (χ1v) is 6.64. The lowest BCUT2D eigenvalue weighted by atomic mass is 10.2. The van der Waals surface area contributed by atoms with Gasteiger partial charge in [-0.3, -0.25) is 4.79 Å². The highest BCUT2D eigenvalue weighted by atomic mass is 16.5. The highest BCUT2D eigenvalue weighted by molar-refractivity contribution is 5.69. The van der Waals surface area contributed by atoms with Crippen molar-refractivity contribution in [3.8, 4) is 0 Å². The van der Waals surface area contributed by atoms with Crippen molar-refractivity contribution in [1.29, 1.82) is 0 Å². The largest absolute Gasteiger partial charge is 0.466 e. The van der Waals surface area contributed by atoms with Gasteiger partial charge >= 0.3 is 5.97 Å². The smallest absolute Gasteiger partial charge is 0.305 e. The van der Waals surface area contributed by atoms with Crippen molar-refractivity contribution in [2.75, 3.05) is 13.2 Å².